The lowest BCUT2D eigenvalue weighted by atomic mass is 9.86. The molecule has 3 N–H and O–H groups in total. The lowest BCUT2D eigenvalue weighted by Crippen LogP contribution is -2.57. The first-order valence-corrected chi connectivity index (χ1v) is 9.50. The number of nitrogens with zero attached hydrogens (tertiary/aromatic N) is 2. The quantitative estimate of drug-likeness (QED) is 0.814. The summed E-state index contributed by atoms with van der Waals surface area (Å²) in [6, 6.07) is 5.29. The highest BCUT2D eigenvalue weighted by Gasteiger charge is 2.31. The van der Waals surface area contributed by atoms with Gasteiger partial charge in [0.15, 0.2) is 0 Å². The second-order valence-corrected chi connectivity index (χ2v) is 7.52. The minimum Gasteiger partial charge on any atom is -0.378 e. The second-order valence-electron chi connectivity index (χ2n) is 7.52. The molecule has 1 aromatic rings. The molecule has 2 unspecified atom stereocenters. The molecule has 3 heterocycles. The zero-order valence-corrected chi connectivity index (χ0v) is 15.0. The molecule has 26 heavy (non-hydrogen) atoms. The Morgan fingerprint density at radius 2 is 2.00 bits per heavy atom. The second kappa shape index (κ2) is 7.60. The number of ether oxygens (including phenoxy) is 1. The van der Waals surface area contributed by atoms with Crippen LogP contribution in [0.2, 0.25) is 0 Å². The van der Waals surface area contributed by atoms with Gasteiger partial charge in [-0.05, 0) is 30.7 Å². The highest BCUT2D eigenvalue weighted by atomic mass is 19.1. The van der Waals surface area contributed by atoms with Crippen LogP contribution in [0.1, 0.15) is 28.3 Å². The van der Waals surface area contributed by atoms with Gasteiger partial charge in [0.1, 0.15) is 5.82 Å². The number of piperazine rings is 1. The maximum absolute atomic E-state index is 14.7. The molecule has 2 atom stereocenters. The topological polar surface area (TPSA) is 70.8 Å². The predicted molar refractivity (Wildman–Crippen MR) is 96.7 cm³/mol. The van der Waals surface area contributed by atoms with Crippen LogP contribution in [-0.2, 0) is 4.74 Å². The van der Waals surface area contributed by atoms with Gasteiger partial charge >= 0.3 is 0 Å². The van der Waals surface area contributed by atoms with Crippen LogP contribution in [0.4, 0.5) is 4.39 Å². The van der Waals surface area contributed by atoms with Gasteiger partial charge in [-0.15, -0.1) is 0 Å². The van der Waals surface area contributed by atoms with Crippen molar-refractivity contribution in [3.63, 3.8) is 0 Å². The van der Waals surface area contributed by atoms with Crippen molar-refractivity contribution >= 4 is 5.91 Å². The molecule has 142 valence electrons. The van der Waals surface area contributed by atoms with E-state index in [4.69, 9.17) is 10.5 Å². The first-order valence-electron chi connectivity index (χ1n) is 9.50. The minimum atomic E-state index is -0.316. The maximum Gasteiger partial charge on any atom is 0.254 e. The lowest BCUT2D eigenvalue weighted by molar-refractivity contribution is -0.0746. The summed E-state index contributed by atoms with van der Waals surface area (Å²) >= 11 is 0. The fourth-order valence-electron chi connectivity index (χ4n) is 4.14. The molecule has 0 spiro atoms. The normalized spacial score (nSPS) is 28.0. The first-order chi connectivity index (χ1) is 12.6. The van der Waals surface area contributed by atoms with E-state index in [9.17, 15) is 9.18 Å². The van der Waals surface area contributed by atoms with E-state index in [-0.39, 0.29) is 23.7 Å². The summed E-state index contributed by atoms with van der Waals surface area (Å²) in [5, 5.41) is 3.23. The van der Waals surface area contributed by atoms with Crippen LogP contribution in [0.3, 0.4) is 0 Å². The summed E-state index contributed by atoms with van der Waals surface area (Å²) in [7, 11) is 0. The Kier molecular flexibility index (Phi) is 5.22. The molecule has 7 heteroatoms. The van der Waals surface area contributed by atoms with Gasteiger partial charge < -0.3 is 20.7 Å². The van der Waals surface area contributed by atoms with Crippen molar-refractivity contribution in [3.8, 4) is 0 Å². The third kappa shape index (κ3) is 3.49. The standard InChI is InChI=1S/C19H27FN4O2/c20-17-9-13(1-2-15(17)16-3-4-22-10-18(16)21)19(25)24-7-5-23(6-8-24)14-11-26-12-14/h1-2,9,14,16,18,22H,3-8,10-12,21H2. The number of carbonyl (C=O) groups excluding carboxylic acids is 1. The number of hydrogen-bond acceptors (Lipinski definition) is 5. The van der Waals surface area contributed by atoms with Crippen molar-refractivity contribution in [2.45, 2.75) is 24.4 Å². The molecule has 4 rings (SSSR count). The van der Waals surface area contributed by atoms with Crippen molar-refractivity contribution < 1.29 is 13.9 Å². The van der Waals surface area contributed by atoms with Crippen molar-refractivity contribution in [1.82, 2.24) is 15.1 Å². The Hall–Kier alpha value is -1.54. The van der Waals surface area contributed by atoms with Gasteiger partial charge in [-0.25, -0.2) is 4.39 Å². The van der Waals surface area contributed by atoms with Gasteiger partial charge in [0.25, 0.3) is 5.91 Å². The number of hydrogen-bond donors (Lipinski definition) is 2. The summed E-state index contributed by atoms with van der Waals surface area (Å²) < 4.78 is 19.9. The Morgan fingerprint density at radius 1 is 1.23 bits per heavy atom. The molecule has 3 aliphatic rings. The number of amides is 1. The highest BCUT2D eigenvalue weighted by Crippen LogP contribution is 2.28. The molecule has 0 aromatic heterocycles. The molecule has 3 saturated heterocycles. The van der Waals surface area contributed by atoms with E-state index in [1.165, 1.54) is 6.07 Å². The summed E-state index contributed by atoms with van der Waals surface area (Å²) in [5.41, 5.74) is 7.19. The van der Waals surface area contributed by atoms with Gasteiger partial charge in [0.05, 0.1) is 19.3 Å². The number of carbonyl (C=O) groups is 1. The average molecular weight is 362 g/mol. The number of rotatable bonds is 3. The first kappa shape index (κ1) is 17.9. The van der Waals surface area contributed by atoms with E-state index in [1.807, 2.05) is 4.90 Å². The SMILES string of the molecule is NC1CNCCC1c1ccc(C(=O)N2CCN(C3COC3)CC2)cc1F. The number of halogens is 1. The van der Waals surface area contributed by atoms with Crippen molar-refractivity contribution in [1.29, 1.82) is 0 Å². The monoisotopic (exact) mass is 362 g/mol. The number of nitrogens with one attached hydrogen (secondary N) is 1. The van der Waals surface area contributed by atoms with Crippen molar-refractivity contribution in [3.05, 3.63) is 35.1 Å². The molecular weight excluding hydrogens is 335 g/mol. The maximum atomic E-state index is 14.7. The van der Waals surface area contributed by atoms with Crippen LogP contribution in [0.15, 0.2) is 18.2 Å². The molecule has 3 aliphatic heterocycles. The van der Waals surface area contributed by atoms with Gasteiger partial charge in [-0.3, -0.25) is 9.69 Å². The van der Waals surface area contributed by atoms with Gasteiger partial charge in [0.2, 0.25) is 0 Å². The van der Waals surface area contributed by atoms with E-state index in [0.717, 1.165) is 39.3 Å². The average Bonchev–Trinajstić information content (AvgIpc) is 2.61. The summed E-state index contributed by atoms with van der Waals surface area (Å²) in [6.45, 7) is 6.18. The molecule has 0 radical (unpaired) electrons. The fourth-order valence-corrected chi connectivity index (χ4v) is 4.14. The third-order valence-electron chi connectivity index (χ3n) is 5.91. The summed E-state index contributed by atoms with van der Waals surface area (Å²) in [5.74, 6) is -0.397. The third-order valence-corrected chi connectivity index (χ3v) is 5.91. The fraction of sp³-hybridized carbons (Fsp3) is 0.632. The number of benzene rings is 1. The van der Waals surface area contributed by atoms with E-state index in [2.05, 4.69) is 10.2 Å². The van der Waals surface area contributed by atoms with Crippen LogP contribution in [-0.4, -0.2) is 80.3 Å². The Labute approximate surface area is 153 Å². The van der Waals surface area contributed by atoms with Gasteiger partial charge in [0, 0.05) is 50.2 Å². The molecule has 1 amide bonds. The summed E-state index contributed by atoms with van der Waals surface area (Å²) in [4.78, 5) is 16.9. The van der Waals surface area contributed by atoms with Crippen molar-refractivity contribution in [2.24, 2.45) is 5.73 Å². The zero-order valence-electron chi connectivity index (χ0n) is 15.0. The van der Waals surface area contributed by atoms with Crippen LogP contribution >= 0.6 is 0 Å². The Morgan fingerprint density at radius 3 is 2.62 bits per heavy atom. The van der Waals surface area contributed by atoms with Crippen molar-refractivity contribution in [2.75, 3.05) is 52.5 Å². The van der Waals surface area contributed by atoms with Crippen LogP contribution in [0, 0.1) is 5.82 Å². The van der Waals surface area contributed by atoms with Crippen LogP contribution in [0.5, 0.6) is 0 Å². The Balaban J connectivity index is 1.41. The van der Waals surface area contributed by atoms with E-state index in [1.54, 1.807) is 12.1 Å². The van der Waals surface area contributed by atoms with Crippen LogP contribution < -0.4 is 11.1 Å². The lowest BCUT2D eigenvalue weighted by Gasteiger charge is -2.42. The van der Waals surface area contributed by atoms with E-state index in [0.29, 0.717) is 36.8 Å². The number of nitrogens with two attached hydrogens (primary N) is 1. The minimum absolute atomic E-state index is 0.00800. The molecule has 0 aliphatic carbocycles. The zero-order chi connectivity index (χ0) is 18.1. The Bertz CT molecular complexity index is 659. The van der Waals surface area contributed by atoms with E-state index >= 15 is 0 Å². The molecule has 1 aromatic carbocycles. The molecule has 6 nitrogen and oxygen atoms in total. The molecule has 0 bridgehead atoms. The smallest absolute Gasteiger partial charge is 0.254 e. The van der Waals surface area contributed by atoms with Crippen LogP contribution in [0.25, 0.3) is 0 Å². The molecule has 3 fully saturated rings. The van der Waals surface area contributed by atoms with Gasteiger partial charge in [-0.2, -0.15) is 0 Å². The van der Waals surface area contributed by atoms with E-state index < -0.39 is 0 Å². The highest BCUT2D eigenvalue weighted by molar-refractivity contribution is 5.94. The molecule has 0 saturated carbocycles. The number of piperidine rings is 1. The predicted octanol–water partition coefficient (Wildman–Crippen LogP) is 0.387. The molecular formula is C19H27FN4O2. The summed E-state index contributed by atoms with van der Waals surface area (Å²) in [6.07, 6.45) is 0.818. The largest absolute Gasteiger partial charge is 0.378 e. The van der Waals surface area contributed by atoms with Gasteiger partial charge in [-0.1, -0.05) is 6.07 Å².